The Kier molecular flexibility index (Phi) is 3.89. The van der Waals surface area contributed by atoms with Crippen molar-refractivity contribution < 1.29 is 9.53 Å². The number of ether oxygens (including phenoxy) is 1. The van der Waals surface area contributed by atoms with E-state index in [4.69, 9.17) is 4.74 Å². The summed E-state index contributed by atoms with van der Waals surface area (Å²) in [6.07, 6.45) is 4.49. The van der Waals surface area contributed by atoms with Gasteiger partial charge in [-0.15, -0.1) is 11.3 Å². The van der Waals surface area contributed by atoms with E-state index in [-0.39, 0.29) is 5.78 Å². The second-order valence-electron chi connectivity index (χ2n) is 4.96. The zero-order valence-corrected chi connectivity index (χ0v) is 11.6. The van der Waals surface area contributed by atoms with Gasteiger partial charge in [0.15, 0.2) is 0 Å². The van der Waals surface area contributed by atoms with Crippen LogP contribution in [-0.4, -0.2) is 23.5 Å². The number of hydrogen-bond acceptors (Lipinski definition) is 4. The zero-order chi connectivity index (χ0) is 13.1. The summed E-state index contributed by atoms with van der Waals surface area (Å²) in [5.41, 5.74) is 0.995. The number of hydrogen-bond donors (Lipinski definition) is 0. The Balaban J connectivity index is 1.56. The molecule has 0 aliphatic carbocycles. The predicted molar refractivity (Wildman–Crippen MR) is 76.5 cm³/mol. The number of aromatic nitrogens is 1. The van der Waals surface area contributed by atoms with Crippen molar-refractivity contribution in [1.29, 1.82) is 0 Å². The lowest BCUT2D eigenvalue weighted by Gasteiger charge is -2.07. The van der Waals surface area contributed by atoms with Crippen molar-refractivity contribution in [3.8, 4) is 0 Å². The number of rotatable bonds is 5. The number of carbonyl (C=O) groups is 1. The first-order valence-electron chi connectivity index (χ1n) is 6.79. The number of benzene rings is 1. The third-order valence-electron chi connectivity index (χ3n) is 3.46. The highest BCUT2D eigenvalue weighted by Gasteiger charge is 2.17. The van der Waals surface area contributed by atoms with E-state index in [1.165, 1.54) is 0 Å². The smallest absolute Gasteiger partial charge is 0.139 e. The number of thiazole rings is 1. The van der Waals surface area contributed by atoms with Crippen LogP contribution in [0.25, 0.3) is 10.2 Å². The number of nitrogens with zero attached hydrogens (tertiary/aromatic N) is 1. The molecule has 1 unspecified atom stereocenters. The number of ketones is 1. The monoisotopic (exact) mass is 275 g/mol. The van der Waals surface area contributed by atoms with Crippen LogP contribution < -0.4 is 0 Å². The fourth-order valence-electron chi connectivity index (χ4n) is 2.45. The maximum Gasteiger partial charge on any atom is 0.139 e. The largest absolute Gasteiger partial charge is 0.378 e. The van der Waals surface area contributed by atoms with Crippen LogP contribution in [0.1, 0.15) is 30.7 Å². The van der Waals surface area contributed by atoms with E-state index in [1.807, 2.05) is 24.3 Å². The average molecular weight is 275 g/mol. The quantitative estimate of drug-likeness (QED) is 0.840. The number of carbonyl (C=O) groups excluding carboxylic acids is 1. The minimum Gasteiger partial charge on any atom is -0.378 e. The lowest BCUT2D eigenvalue weighted by molar-refractivity contribution is -0.119. The fourth-order valence-corrected chi connectivity index (χ4v) is 3.44. The summed E-state index contributed by atoms with van der Waals surface area (Å²) in [4.78, 5) is 16.5. The van der Waals surface area contributed by atoms with Crippen molar-refractivity contribution in [2.75, 3.05) is 6.61 Å². The molecule has 19 heavy (non-hydrogen) atoms. The van der Waals surface area contributed by atoms with Crippen molar-refractivity contribution in [3.63, 3.8) is 0 Å². The Labute approximate surface area is 116 Å². The second kappa shape index (κ2) is 5.80. The van der Waals surface area contributed by atoms with Crippen molar-refractivity contribution in [2.24, 2.45) is 0 Å². The molecule has 1 aromatic carbocycles. The normalized spacial score (nSPS) is 19.1. The van der Waals surface area contributed by atoms with E-state index in [2.05, 4.69) is 4.98 Å². The fraction of sp³-hybridized carbons (Fsp3) is 0.467. The lowest BCUT2D eigenvalue weighted by Crippen LogP contribution is -2.10. The summed E-state index contributed by atoms with van der Waals surface area (Å²) >= 11 is 1.62. The minimum atomic E-state index is 0.273. The van der Waals surface area contributed by atoms with Gasteiger partial charge in [-0.2, -0.15) is 0 Å². The Morgan fingerprint density at radius 2 is 2.32 bits per heavy atom. The molecule has 1 aliphatic rings. The van der Waals surface area contributed by atoms with Crippen LogP contribution in [0.2, 0.25) is 0 Å². The van der Waals surface area contributed by atoms with Crippen molar-refractivity contribution in [3.05, 3.63) is 29.3 Å². The summed E-state index contributed by atoms with van der Waals surface area (Å²) in [6.45, 7) is 0.858. The highest BCUT2D eigenvalue weighted by molar-refractivity contribution is 7.18. The Morgan fingerprint density at radius 1 is 1.42 bits per heavy atom. The van der Waals surface area contributed by atoms with Crippen LogP contribution in [0.3, 0.4) is 0 Å². The molecular weight excluding hydrogens is 258 g/mol. The van der Waals surface area contributed by atoms with Gasteiger partial charge in [-0.05, 0) is 31.4 Å². The van der Waals surface area contributed by atoms with Gasteiger partial charge in [-0.3, -0.25) is 4.79 Å². The molecular formula is C15H17NO2S. The van der Waals surface area contributed by atoms with Gasteiger partial charge >= 0.3 is 0 Å². The van der Waals surface area contributed by atoms with E-state index in [9.17, 15) is 4.79 Å². The molecule has 2 aromatic rings. The Hall–Kier alpha value is -1.26. The number of para-hydroxylation sites is 1. The van der Waals surface area contributed by atoms with Crippen LogP contribution in [0.4, 0.5) is 0 Å². The van der Waals surface area contributed by atoms with Gasteiger partial charge in [-0.1, -0.05) is 12.1 Å². The average Bonchev–Trinajstić information content (AvgIpc) is 3.04. The first kappa shape index (κ1) is 12.8. The van der Waals surface area contributed by atoms with Gasteiger partial charge in [0.2, 0.25) is 0 Å². The molecule has 4 heteroatoms. The summed E-state index contributed by atoms with van der Waals surface area (Å²) < 4.78 is 6.69. The maximum atomic E-state index is 12.0. The third-order valence-corrected chi connectivity index (χ3v) is 4.49. The van der Waals surface area contributed by atoms with Crippen LogP contribution >= 0.6 is 11.3 Å². The molecule has 3 rings (SSSR count). The summed E-state index contributed by atoms with van der Waals surface area (Å²) in [7, 11) is 0. The minimum absolute atomic E-state index is 0.273. The number of fused-ring (bicyclic) bond motifs is 1. The SMILES string of the molecule is O=C(CCC1CCCO1)Cc1nc2ccccc2s1. The molecule has 1 atom stereocenters. The van der Waals surface area contributed by atoms with Gasteiger partial charge in [0.05, 0.1) is 22.7 Å². The van der Waals surface area contributed by atoms with Crippen molar-refractivity contribution >= 4 is 27.3 Å². The molecule has 0 radical (unpaired) electrons. The molecule has 1 saturated heterocycles. The predicted octanol–water partition coefficient (Wildman–Crippen LogP) is 3.37. The summed E-state index contributed by atoms with van der Waals surface area (Å²) in [6, 6.07) is 8.02. The van der Waals surface area contributed by atoms with Crippen molar-refractivity contribution in [2.45, 2.75) is 38.2 Å². The van der Waals surface area contributed by atoms with Gasteiger partial charge in [0.25, 0.3) is 0 Å². The third kappa shape index (κ3) is 3.19. The molecule has 1 aromatic heterocycles. The Bertz CT molecular complexity index is 539. The molecule has 100 valence electrons. The standard InChI is InChI=1S/C15H17NO2S/c17-11(7-8-12-4-3-9-18-12)10-15-16-13-5-1-2-6-14(13)19-15/h1-2,5-6,12H,3-4,7-10H2. The molecule has 0 spiro atoms. The van der Waals surface area contributed by atoms with Crippen LogP contribution in [0.15, 0.2) is 24.3 Å². The van der Waals surface area contributed by atoms with E-state index >= 15 is 0 Å². The molecule has 0 amide bonds. The van der Waals surface area contributed by atoms with Crippen molar-refractivity contribution in [1.82, 2.24) is 4.98 Å². The van der Waals surface area contributed by atoms with Crippen LogP contribution in [0, 0.1) is 0 Å². The summed E-state index contributed by atoms with van der Waals surface area (Å²) in [5.74, 6) is 0.273. The van der Waals surface area contributed by atoms with Gasteiger partial charge in [0, 0.05) is 13.0 Å². The Morgan fingerprint density at radius 3 is 3.11 bits per heavy atom. The first-order chi connectivity index (χ1) is 9.31. The number of Topliss-reactive ketones (excluding diaryl/α,β-unsaturated/α-hetero) is 1. The second-order valence-corrected chi connectivity index (χ2v) is 6.08. The van der Waals surface area contributed by atoms with E-state index in [0.29, 0.717) is 18.9 Å². The first-order valence-corrected chi connectivity index (χ1v) is 7.60. The maximum absolute atomic E-state index is 12.0. The van der Waals surface area contributed by atoms with Crippen LogP contribution in [0.5, 0.6) is 0 Å². The molecule has 1 fully saturated rings. The molecule has 0 N–H and O–H groups in total. The molecule has 3 nitrogen and oxygen atoms in total. The highest BCUT2D eigenvalue weighted by Crippen LogP contribution is 2.23. The van der Waals surface area contributed by atoms with E-state index in [1.54, 1.807) is 11.3 Å². The molecule has 0 bridgehead atoms. The molecule has 2 heterocycles. The molecule has 0 saturated carbocycles. The lowest BCUT2D eigenvalue weighted by atomic mass is 10.1. The van der Waals surface area contributed by atoms with E-state index < -0.39 is 0 Å². The van der Waals surface area contributed by atoms with Crippen LogP contribution in [-0.2, 0) is 16.0 Å². The van der Waals surface area contributed by atoms with Gasteiger partial charge in [0.1, 0.15) is 10.8 Å². The molecule has 1 aliphatic heterocycles. The topological polar surface area (TPSA) is 39.2 Å². The zero-order valence-electron chi connectivity index (χ0n) is 10.8. The highest BCUT2D eigenvalue weighted by atomic mass is 32.1. The van der Waals surface area contributed by atoms with Gasteiger partial charge in [-0.25, -0.2) is 4.98 Å². The van der Waals surface area contributed by atoms with Gasteiger partial charge < -0.3 is 4.74 Å². The van der Waals surface area contributed by atoms with E-state index in [0.717, 1.165) is 41.1 Å². The summed E-state index contributed by atoms with van der Waals surface area (Å²) in [5, 5.41) is 0.929.